The number of amides is 2. The second-order valence-corrected chi connectivity index (χ2v) is 4.22. The van der Waals surface area contributed by atoms with Crippen LogP contribution in [0, 0.1) is 25.6 Å². The second-order valence-electron chi connectivity index (χ2n) is 4.22. The standard InChI is InChI=1S/C7H18N10O.2HNO3/c1-16-3(12-14-5(8)9)4(13-15-6(10)11)17(2)7(16)18;2*2-1(3)4/h3-4,12-13H,1-2H3,(H4,8,9,14)(H4,10,11,15);2*(H,2,3,4). The molecule has 1 heterocycles. The van der Waals surface area contributed by atoms with E-state index in [1.807, 2.05) is 0 Å². The molecular weight excluding hydrogens is 364 g/mol. The summed E-state index contributed by atoms with van der Waals surface area (Å²) in [7, 11) is 3.18. The lowest BCUT2D eigenvalue weighted by Gasteiger charge is -2.25. The fourth-order valence-electron chi connectivity index (χ4n) is 1.54. The van der Waals surface area contributed by atoms with Crippen LogP contribution >= 0.6 is 0 Å². The topological polar surface area (TPSA) is 301 Å². The van der Waals surface area contributed by atoms with Gasteiger partial charge in [-0.2, -0.15) is 0 Å². The molecule has 0 aromatic carbocycles. The van der Waals surface area contributed by atoms with Crippen molar-refractivity contribution < 1.29 is 25.4 Å². The number of nitrogens with one attached hydrogen (secondary N) is 4. The van der Waals surface area contributed by atoms with Crippen LogP contribution in [0.2, 0.25) is 0 Å². The van der Waals surface area contributed by atoms with Gasteiger partial charge in [0.15, 0.2) is 12.1 Å². The molecule has 2 amide bonds. The lowest BCUT2D eigenvalue weighted by atomic mass is 10.4. The Morgan fingerprint density at radius 2 is 1.54 bits per heavy atom. The number of likely N-dealkylation sites (N-methyl/N-ethyl adjacent to an activating group) is 2. The van der Waals surface area contributed by atoms with Gasteiger partial charge in [-0.1, -0.05) is 0 Å². The van der Waals surface area contributed by atoms with E-state index in [4.69, 9.17) is 53.3 Å². The number of hydrazone groups is 1. The van der Waals surface area contributed by atoms with E-state index in [-0.39, 0.29) is 18.0 Å². The number of carbonyl (C=O) groups is 1. The van der Waals surface area contributed by atoms with Gasteiger partial charge >= 0.3 is 6.03 Å². The molecule has 0 saturated carbocycles. The molecule has 1 aliphatic heterocycles. The Balaban J connectivity index is 0. The third-order valence-electron chi connectivity index (χ3n) is 2.42. The van der Waals surface area contributed by atoms with Crippen molar-refractivity contribution in [3.05, 3.63) is 20.2 Å². The van der Waals surface area contributed by atoms with E-state index in [1.54, 1.807) is 14.1 Å². The maximum atomic E-state index is 11.8. The molecule has 150 valence electrons. The lowest BCUT2D eigenvalue weighted by Crippen LogP contribution is -2.58. The number of nitrogens with two attached hydrogens (primary N) is 3. The zero-order valence-corrected chi connectivity index (χ0v) is 13.6. The van der Waals surface area contributed by atoms with Gasteiger partial charge in [0, 0.05) is 14.1 Å². The van der Waals surface area contributed by atoms with Gasteiger partial charge in [0.25, 0.3) is 10.2 Å². The highest BCUT2D eigenvalue weighted by Crippen LogP contribution is 2.15. The second kappa shape index (κ2) is 11.5. The first kappa shape index (κ1) is 24.2. The molecule has 19 heteroatoms. The molecule has 19 nitrogen and oxygen atoms in total. The maximum Gasteiger partial charge on any atom is 0.322 e. The Kier molecular flexibility index (Phi) is 10.7. The monoisotopic (exact) mass is 384 g/mol. The van der Waals surface area contributed by atoms with Gasteiger partial charge in [0.05, 0.1) is 0 Å². The molecule has 26 heavy (non-hydrogen) atoms. The normalized spacial score (nSPS) is 17.7. The van der Waals surface area contributed by atoms with E-state index in [0.29, 0.717) is 0 Å². The number of rotatable bonds is 4. The summed E-state index contributed by atoms with van der Waals surface area (Å²) in [4.78, 5) is 31.3. The summed E-state index contributed by atoms with van der Waals surface area (Å²) in [5.41, 5.74) is 23.4. The first-order valence-corrected chi connectivity index (χ1v) is 6.17. The molecule has 1 fully saturated rings. The van der Waals surface area contributed by atoms with Crippen LogP contribution in [0.4, 0.5) is 4.79 Å². The van der Waals surface area contributed by atoms with Crippen molar-refractivity contribution in [3.63, 3.8) is 0 Å². The molecule has 2 atom stereocenters. The predicted molar refractivity (Wildman–Crippen MR) is 83.2 cm³/mol. The van der Waals surface area contributed by atoms with Crippen molar-refractivity contribution in [2.45, 2.75) is 12.3 Å². The highest BCUT2D eigenvalue weighted by molar-refractivity contribution is 5.78. The highest BCUT2D eigenvalue weighted by Gasteiger charge is 2.42. The van der Waals surface area contributed by atoms with E-state index in [2.05, 4.69) is 21.4 Å². The third kappa shape index (κ3) is 10.7. The average molecular weight is 384 g/mol. The molecule has 1 aliphatic rings. The Labute approximate surface area is 145 Å². The molecule has 2 unspecified atom stereocenters. The maximum absolute atomic E-state index is 11.8. The van der Waals surface area contributed by atoms with Gasteiger partial charge in [-0.3, -0.25) is 16.3 Å². The van der Waals surface area contributed by atoms with Crippen molar-refractivity contribution in [1.82, 2.24) is 26.1 Å². The fourth-order valence-corrected chi connectivity index (χ4v) is 1.54. The molecule has 1 rings (SSSR count). The number of hydrogen-bond donors (Lipinski definition) is 9. The Morgan fingerprint density at radius 3 is 1.88 bits per heavy atom. The van der Waals surface area contributed by atoms with Crippen molar-refractivity contribution in [2.75, 3.05) is 14.1 Å². The van der Waals surface area contributed by atoms with E-state index >= 15 is 0 Å². The van der Waals surface area contributed by atoms with Crippen LogP contribution in [-0.4, -0.2) is 74.8 Å². The van der Waals surface area contributed by atoms with Crippen molar-refractivity contribution in [3.8, 4) is 0 Å². The summed E-state index contributed by atoms with van der Waals surface area (Å²) < 4.78 is 0. The van der Waals surface area contributed by atoms with Gasteiger partial charge in [-0.25, -0.2) is 10.2 Å². The minimum Gasteiger partial charge on any atom is -0.369 e. The number of urea groups is 1. The minimum atomic E-state index is -1.50. The van der Waals surface area contributed by atoms with Crippen molar-refractivity contribution in [2.24, 2.45) is 22.3 Å². The van der Waals surface area contributed by atoms with Gasteiger partial charge in [0.2, 0.25) is 5.96 Å². The third-order valence-corrected chi connectivity index (χ3v) is 2.42. The average Bonchev–Trinajstić information content (AvgIpc) is 2.65. The predicted octanol–water partition coefficient (Wildman–Crippen LogP) is -4.29. The molecule has 0 radical (unpaired) electrons. The van der Waals surface area contributed by atoms with Crippen LogP contribution in [0.3, 0.4) is 0 Å². The smallest absolute Gasteiger partial charge is 0.322 e. The van der Waals surface area contributed by atoms with Crippen LogP contribution in [0.15, 0.2) is 5.10 Å². The number of guanidine groups is 2. The van der Waals surface area contributed by atoms with Gasteiger partial charge in [-0.05, 0) is 0 Å². The minimum absolute atomic E-state index is 0.149. The van der Waals surface area contributed by atoms with E-state index in [1.165, 1.54) is 9.80 Å². The van der Waals surface area contributed by atoms with Crippen LogP contribution in [0.5, 0.6) is 0 Å². The number of hydrogen-bond acceptors (Lipinski definition) is 9. The molecule has 0 spiro atoms. The summed E-state index contributed by atoms with van der Waals surface area (Å²) in [5, 5.41) is 38.0. The number of nitrogens with zero attached hydrogens (tertiary/aromatic N) is 5. The number of carbonyl (C=O) groups excluding carboxylic acids is 1. The number of hydrazine groups is 1. The first-order chi connectivity index (χ1) is 11.8. The van der Waals surface area contributed by atoms with Crippen molar-refractivity contribution >= 4 is 18.0 Å². The molecule has 0 aliphatic carbocycles. The Bertz CT molecular complexity index is 516. The Hall–Kier alpha value is -4.03. The zero-order chi connectivity index (χ0) is 21.0. The van der Waals surface area contributed by atoms with Crippen LogP contribution in [-0.2, 0) is 0 Å². The van der Waals surface area contributed by atoms with Crippen LogP contribution in [0.25, 0.3) is 0 Å². The van der Waals surface area contributed by atoms with E-state index < -0.39 is 22.5 Å². The quantitative estimate of drug-likeness (QED) is 0.0959. The highest BCUT2D eigenvalue weighted by atomic mass is 16.9. The zero-order valence-electron chi connectivity index (χ0n) is 13.6. The summed E-state index contributed by atoms with van der Waals surface area (Å²) >= 11 is 0. The molecule has 0 aromatic heterocycles. The van der Waals surface area contributed by atoms with Gasteiger partial charge in [-0.15, -0.1) is 25.3 Å². The summed E-state index contributed by atoms with van der Waals surface area (Å²) in [6.45, 7) is 0. The van der Waals surface area contributed by atoms with Crippen LogP contribution < -0.4 is 33.5 Å². The van der Waals surface area contributed by atoms with Crippen LogP contribution in [0.1, 0.15) is 0 Å². The summed E-state index contributed by atoms with van der Waals surface area (Å²) in [6.07, 6.45) is -1.02. The molecule has 0 aromatic rings. The Morgan fingerprint density at radius 1 is 1.15 bits per heavy atom. The molecule has 0 bridgehead atoms. The fraction of sp³-hybridized carbons (Fsp3) is 0.571. The molecule has 1 saturated heterocycles. The summed E-state index contributed by atoms with van der Waals surface area (Å²) in [6, 6.07) is -0.235. The van der Waals surface area contributed by atoms with Gasteiger partial charge < -0.3 is 37.4 Å². The molecular formula is C7H20N12O7. The van der Waals surface area contributed by atoms with Crippen molar-refractivity contribution in [1.29, 1.82) is 5.41 Å². The van der Waals surface area contributed by atoms with E-state index in [9.17, 15) is 4.79 Å². The molecule has 12 N–H and O–H groups in total. The SMILES string of the molecule is CN1C(=O)N(C)C(NNC(=N)N)C1NN=C(N)N.O=[N+]([O-])O.O=[N+]([O-])O. The van der Waals surface area contributed by atoms with Gasteiger partial charge in [0.1, 0.15) is 6.17 Å². The van der Waals surface area contributed by atoms with E-state index in [0.717, 1.165) is 0 Å². The largest absolute Gasteiger partial charge is 0.369 e. The summed E-state index contributed by atoms with van der Waals surface area (Å²) in [5.74, 6) is -0.422. The lowest BCUT2D eigenvalue weighted by molar-refractivity contribution is -0.742. The first-order valence-electron chi connectivity index (χ1n) is 6.17.